The van der Waals surface area contributed by atoms with Crippen molar-refractivity contribution in [1.82, 2.24) is 5.43 Å². The van der Waals surface area contributed by atoms with E-state index in [1.165, 1.54) is 0 Å². The molecule has 0 spiro atoms. The summed E-state index contributed by atoms with van der Waals surface area (Å²) in [5.41, 5.74) is 3.21. The molecular formula is C12H18N2O2. The molecule has 4 nitrogen and oxygen atoms in total. The van der Waals surface area contributed by atoms with Gasteiger partial charge in [0.05, 0.1) is 0 Å². The number of hydrogen-bond donors (Lipinski definition) is 2. The fourth-order valence-corrected chi connectivity index (χ4v) is 1.41. The number of hydrazine groups is 1. The van der Waals surface area contributed by atoms with E-state index >= 15 is 0 Å². The molecule has 1 rings (SSSR count). The van der Waals surface area contributed by atoms with Gasteiger partial charge in [-0.2, -0.15) is 0 Å². The van der Waals surface area contributed by atoms with Crippen LogP contribution in [0.25, 0.3) is 0 Å². The maximum absolute atomic E-state index is 11.5. The molecule has 4 heteroatoms. The summed E-state index contributed by atoms with van der Waals surface area (Å²) in [5, 5.41) is 0. The second-order valence-electron chi connectivity index (χ2n) is 4.11. The van der Waals surface area contributed by atoms with Crippen molar-refractivity contribution in [1.29, 1.82) is 0 Å². The Hall–Kier alpha value is -1.55. The topological polar surface area (TPSA) is 64.3 Å². The van der Waals surface area contributed by atoms with Gasteiger partial charge in [0.1, 0.15) is 5.75 Å². The Kier molecular flexibility index (Phi) is 4.31. The summed E-state index contributed by atoms with van der Waals surface area (Å²) >= 11 is 0. The molecule has 0 bridgehead atoms. The number of aryl methyl sites for hydroxylation is 1. The van der Waals surface area contributed by atoms with Crippen molar-refractivity contribution in [3.63, 3.8) is 0 Å². The van der Waals surface area contributed by atoms with Gasteiger partial charge in [-0.25, -0.2) is 5.84 Å². The van der Waals surface area contributed by atoms with Crippen LogP contribution < -0.4 is 16.0 Å². The number of carbonyl (C=O) groups is 1. The van der Waals surface area contributed by atoms with E-state index in [0.717, 1.165) is 5.56 Å². The summed E-state index contributed by atoms with van der Waals surface area (Å²) in [6, 6.07) is 7.58. The third-order valence-corrected chi connectivity index (χ3v) is 2.26. The number of rotatable bonds is 4. The first-order valence-corrected chi connectivity index (χ1v) is 5.28. The predicted octanol–water partition coefficient (Wildman–Crippen LogP) is 1.39. The summed E-state index contributed by atoms with van der Waals surface area (Å²) in [6.07, 6.45) is -0.563. The van der Waals surface area contributed by atoms with Crippen LogP contribution in [0.2, 0.25) is 0 Å². The van der Waals surface area contributed by atoms with Gasteiger partial charge in [0.15, 0.2) is 6.10 Å². The van der Waals surface area contributed by atoms with Gasteiger partial charge in [-0.3, -0.25) is 10.2 Å². The van der Waals surface area contributed by atoms with Gasteiger partial charge >= 0.3 is 0 Å². The van der Waals surface area contributed by atoms with Crippen LogP contribution in [-0.2, 0) is 4.79 Å². The number of nitrogens with one attached hydrogen (secondary N) is 1. The smallest absolute Gasteiger partial charge is 0.275 e. The summed E-state index contributed by atoms with van der Waals surface area (Å²) in [6.45, 7) is 5.80. The molecule has 0 aromatic heterocycles. The van der Waals surface area contributed by atoms with Crippen molar-refractivity contribution in [3.05, 3.63) is 29.8 Å². The van der Waals surface area contributed by atoms with Crippen molar-refractivity contribution in [2.75, 3.05) is 0 Å². The second-order valence-corrected chi connectivity index (χ2v) is 4.11. The highest BCUT2D eigenvalue weighted by atomic mass is 16.5. The van der Waals surface area contributed by atoms with Gasteiger partial charge in [0, 0.05) is 0 Å². The van der Waals surface area contributed by atoms with E-state index in [1.807, 2.05) is 45.0 Å². The molecule has 1 atom stereocenters. The number of benzene rings is 1. The maximum atomic E-state index is 11.5. The highest BCUT2D eigenvalue weighted by Gasteiger charge is 2.23. The third kappa shape index (κ3) is 3.24. The second kappa shape index (κ2) is 5.51. The standard InChI is InChI=1S/C12H18N2O2/c1-8(2)11(12(15)14-13)16-10-6-4-5-9(3)7-10/h4-8,11H,13H2,1-3H3,(H,14,15). The summed E-state index contributed by atoms with van der Waals surface area (Å²) in [4.78, 5) is 11.5. The zero-order valence-electron chi connectivity index (χ0n) is 9.86. The number of nitrogens with two attached hydrogens (primary N) is 1. The van der Waals surface area contributed by atoms with Crippen LogP contribution in [0.5, 0.6) is 5.75 Å². The normalized spacial score (nSPS) is 12.3. The summed E-state index contributed by atoms with van der Waals surface area (Å²) in [7, 11) is 0. The van der Waals surface area contributed by atoms with Crippen molar-refractivity contribution >= 4 is 5.91 Å². The van der Waals surface area contributed by atoms with Crippen LogP contribution in [-0.4, -0.2) is 12.0 Å². The Balaban J connectivity index is 2.79. The van der Waals surface area contributed by atoms with Crippen molar-refractivity contribution < 1.29 is 9.53 Å². The molecule has 0 aliphatic rings. The molecule has 1 aromatic rings. The van der Waals surface area contributed by atoms with E-state index in [4.69, 9.17) is 10.6 Å². The Labute approximate surface area is 95.8 Å². The SMILES string of the molecule is Cc1cccc(OC(C(=O)NN)C(C)C)c1. The zero-order valence-corrected chi connectivity index (χ0v) is 9.86. The fraction of sp³-hybridized carbons (Fsp3) is 0.417. The first-order chi connectivity index (χ1) is 7.54. The van der Waals surface area contributed by atoms with Crippen molar-refractivity contribution in [2.24, 2.45) is 11.8 Å². The minimum atomic E-state index is -0.563. The van der Waals surface area contributed by atoms with Crippen LogP contribution in [0.15, 0.2) is 24.3 Å². The average Bonchev–Trinajstić information content (AvgIpc) is 2.24. The Morgan fingerprint density at radius 3 is 2.62 bits per heavy atom. The Morgan fingerprint density at radius 1 is 1.44 bits per heavy atom. The Bertz CT molecular complexity index is 364. The molecule has 0 fully saturated rings. The van der Waals surface area contributed by atoms with Gasteiger partial charge in [0.2, 0.25) is 0 Å². The minimum absolute atomic E-state index is 0.0593. The number of carbonyl (C=O) groups excluding carboxylic acids is 1. The lowest BCUT2D eigenvalue weighted by Gasteiger charge is -2.20. The Morgan fingerprint density at radius 2 is 2.12 bits per heavy atom. The molecule has 0 saturated heterocycles. The lowest BCUT2D eigenvalue weighted by atomic mass is 10.1. The summed E-state index contributed by atoms with van der Waals surface area (Å²) in [5.74, 6) is 5.55. The van der Waals surface area contributed by atoms with Crippen LogP contribution in [0.4, 0.5) is 0 Å². The highest BCUT2D eigenvalue weighted by Crippen LogP contribution is 2.17. The lowest BCUT2D eigenvalue weighted by Crippen LogP contribution is -2.44. The third-order valence-electron chi connectivity index (χ3n) is 2.26. The zero-order chi connectivity index (χ0) is 12.1. The van der Waals surface area contributed by atoms with Gasteiger partial charge in [0.25, 0.3) is 5.91 Å². The highest BCUT2D eigenvalue weighted by molar-refractivity contribution is 5.80. The number of hydrogen-bond acceptors (Lipinski definition) is 3. The number of amides is 1. The van der Waals surface area contributed by atoms with Crippen molar-refractivity contribution in [3.8, 4) is 5.75 Å². The summed E-state index contributed by atoms with van der Waals surface area (Å²) < 4.78 is 5.62. The molecule has 0 radical (unpaired) electrons. The molecule has 3 N–H and O–H groups in total. The van der Waals surface area contributed by atoms with Crippen LogP contribution in [0.1, 0.15) is 19.4 Å². The molecule has 0 aliphatic carbocycles. The fourth-order valence-electron chi connectivity index (χ4n) is 1.41. The van der Waals surface area contributed by atoms with E-state index in [9.17, 15) is 4.79 Å². The van der Waals surface area contributed by atoms with Crippen molar-refractivity contribution in [2.45, 2.75) is 26.9 Å². The molecule has 1 unspecified atom stereocenters. The van der Waals surface area contributed by atoms with E-state index < -0.39 is 6.10 Å². The average molecular weight is 222 g/mol. The molecule has 0 heterocycles. The monoisotopic (exact) mass is 222 g/mol. The van der Waals surface area contributed by atoms with Gasteiger partial charge in [-0.1, -0.05) is 26.0 Å². The predicted molar refractivity (Wildman–Crippen MR) is 62.8 cm³/mol. The van der Waals surface area contributed by atoms with E-state index in [-0.39, 0.29) is 11.8 Å². The molecule has 88 valence electrons. The van der Waals surface area contributed by atoms with E-state index in [2.05, 4.69) is 5.43 Å². The molecule has 0 saturated carbocycles. The minimum Gasteiger partial charge on any atom is -0.480 e. The first kappa shape index (κ1) is 12.5. The van der Waals surface area contributed by atoms with E-state index in [1.54, 1.807) is 0 Å². The first-order valence-electron chi connectivity index (χ1n) is 5.28. The van der Waals surface area contributed by atoms with Crippen LogP contribution in [0.3, 0.4) is 0 Å². The number of ether oxygens (including phenoxy) is 1. The van der Waals surface area contributed by atoms with Crippen LogP contribution >= 0.6 is 0 Å². The largest absolute Gasteiger partial charge is 0.480 e. The molecular weight excluding hydrogens is 204 g/mol. The lowest BCUT2D eigenvalue weighted by molar-refractivity contribution is -0.129. The molecule has 0 aliphatic heterocycles. The molecule has 16 heavy (non-hydrogen) atoms. The maximum Gasteiger partial charge on any atom is 0.275 e. The molecule has 1 amide bonds. The van der Waals surface area contributed by atoms with Crippen LogP contribution in [0, 0.1) is 12.8 Å². The van der Waals surface area contributed by atoms with Gasteiger partial charge in [-0.05, 0) is 30.5 Å². The molecule has 1 aromatic carbocycles. The van der Waals surface area contributed by atoms with Gasteiger partial charge < -0.3 is 4.74 Å². The quantitative estimate of drug-likeness (QED) is 0.459. The van der Waals surface area contributed by atoms with E-state index in [0.29, 0.717) is 5.75 Å². The van der Waals surface area contributed by atoms with Gasteiger partial charge in [-0.15, -0.1) is 0 Å².